The molecule has 8 heteroatoms. The number of aromatic nitrogens is 2. The van der Waals surface area contributed by atoms with E-state index in [0.29, 0.717) is 18.0 Å². The number of thiazole rings is 1. The zero-order valence-electron chi connectivity index (χ0n) is 13.9. The van der Waals surface area contributed by atoms with Crippen molar-refractivity contribution in [3.8, 4) is 0 Å². The van der Waals surface area contributed by atoms with Gasteiger partial charge in [0.05, 0.1) is 18.3 Å². The van der Waals surface area contributed by atoms with E-state index in [1.807, 2.05) is 18.2 Å². The van der Waals surface area contributed by atoms with Gasteiger partial charge in [0.25, 0.3) is 5.91 Å². The molecule has 0 radical (unpaired) electrons. The number of carbonyl (C=O) groups excluding carboxylic acids is 2. The average Bonchev–Trinajstić information content (AvgIpc) is 3.14. The van der Waals surface area contributed by atoms with Crippen LogP contribution < -0.4 is 10.6 Å². The standard InChI is InChI=1S/C17H21N5O2S/c23-16-11-22(17(24)14-10-18-12-25-14)9-2-5-13-4-1-6-15(21-13)19-7-3-8-20-16/h1,4,6,10,12H,2-3,5,7-9,11H2,(H,19,21)(H,20,23). The zero-order valence-corrected chi connectivity index (χ0v) is 14.7. The molecule has 2 N–H and O–H groups in total. The van der Waals surface area contributed by atoms with E-state index >= 15 is 0 Å². The van der Waals surface area contributed by atoms with Crippen LogP contribution in [0, 0.1) is 0 Å². The normalized spacial score (nSPS) is 16.5. The lowest BCUT2D eigenvalue weighted by molar-refractivity contribution is -0.121. The van der Waals surface area contributed by atoms with Crippen LogP contribution in [-0.2, 0) is 11.2 Å². The minimum Gasteiger partial charge on any atom is -0.370 e. The first-order chi connectivity index (χ1) is 12.2. The summed E-state index contributed by atoms with van der Waals surface area (Å²) in [6.07, 6.45) is 3.84. The van der Waals surface area contributed by atoms with E-state index in [-0.39, 0.29) is 18.4 Å². The molecule has 2 bridgehead atoms. The molecule has 2 aromatic heterocycles. The first-order valence-electron chi connectivity index (χ1n) is 8.36. The number of nitrogens with one attached hydrogen (secondary N) is 2. The van der Waals surface area contributed by atoms with E-state index in [0.717, 1.165) is 37.3 Å². The summed E-state index contributed by atoms with van der Waals surface area (Å²) in [5.41, 5.74) is 2.61. The molecule has 2 aromatic rings. The summed E-state index contributed by atoms with van der Waals surface area (Å²) in [7, 11) is 0. The summed E-state index contributed by atoms with van der Waals surface area (Å²) >= 11 is 1.29. The smallest absolute Gasteiger partial charge is 0.266 e. The van der Waals surface area contributed by atoms with E-state index in [2.05, 4.69) is 20.6 Å². The van der Waals surface area contributed by atoms with E-state index in [4.69, 9.17) is 0 Å². The largest absolute Gasteiger partial charge is 0.370 e. The Labute approximate surface area is 150 Å². The van der Waals surface area contributed by atoms with Crippen molar-refractivity contribution in [2.75, 3.05) is 31.5 Å². The average molecular weight is 359 g/mol. The first kappa shape index (κ1) is 17.3. The van der Waals surface area contributed by atoms with Crippen molar-refractivity contribution in [1.29, 1.82) is 0 Å². The van der Waals surface area contributed by atoms with Crippen LogP contribution >= 0.6 is 11.3 Å². The second-order valence-electron chi connectivity index (χ2n) is 5.84. The molecule has 0 fully saturated rings. The predicted octanol–water partition coefficient (Wildman–Crippen LogP) is 1.54. The van der Waals surface area contributed by atoms with Crippen molar-refractivity contribution in [3.05, 3.63) is 40.5 Å². The number of amides is 2. The highest BCUT2D eigenvalue weighted by Gasteiger charge is 2.20. The monoisotopic (exact) mass is 359 g/mol. The van der Waals surface area contributed by atoms with E-state index in [1.165, 1.54) is 11.3 Å². The SMILES string of the molecule is O=C1CN(C(=O)c2cncs2)CCCc2cccc(n2)NCCCN1. The molecule has 132 valence electrons. The second-order valence-corrected chi connectivity index (χ2v) is 6.73. The van der Waals surface area contributed by atoms with Gasteiger partial charge in [-0.3, -0.25) is 14.6 Å². The van der Waals surface area contributed by atoms with Crippen LogP contribution in [0.4, 0.5) is 5.82 Å². The molecule has 0 saturated carbocycles. The quantitative estimate of drug-likeness (QED) is 0.807. The number of anilines is 1. The Kier molecular flexibility index (Phi) is 5.95. The zero-order chi connectivity index (χ0) is 17.5. The molecule has 1 aliphatic rings. The predicted molar refractivity (Wildman–Crippen MR) is 96.7 cm³/mol. The molecule has 25 heavy (non-hydrogen) atoms. The summed E-state index contributed by atoms with van der Waals surface area (Å²) in [6.45, 7) is 1.87. The Balaban J connectivity index is 1.72. The minimum absolute atomic E-state index is 0.0671. The minimum atomic E-state index is -0.145. The van der Waals surface area contributed by atoms with Crippen LogP contribution in [0.2, 0.25) is 0 Å². The Morgan fingerprint density at radius 2 is 2.08 bits per heavy atom. The van der Waals surface area contributed by atoms with Crippen LogP contribution in [0.15, 0.2) is 29.9 Å². The van der Waals surface area contributed by atoms with Crippen molar-refractivity contribution in [1.82, 2.24) is 20.2 Å². The number of pyridine rings is 1. The van der Waals surface area contributed by atoms with E-state index in [1.54, 1.807) is 16.6 Å². The van der Waals surface area contributed by atoms with Gasteiger partial charge in [0.15, 0.2) is 0 Å². The van der Waals surface area contributed by atoms with Gasteiger partial charge in [-0.15, -0.1) is 11.3 Å². The van der Waals surface area contributed by atoms with Crippen LogP contribution in [-0.4, -0.2) is 52.9 Å². The lowest BCUT2D eigenvalue weighted by Gasteiger charge is -2.22. The number of carbonyl (C=O) groups is 2. The third kappa shape index (κ3) is 4.99. The van der Waals surface area contributed by atoms with Gasteiger partial charge in [0, 0.05) is 25.3 Å². The molecule has 0 aliphatic carbocycles. The fourth-order valence-corrected chi connectivity index (χ4v) is 3.25. The summed E-state index contributed by atoms with van der Waals surface area (Å²) in [6, 6.07) is 5.91. The molecule has 0 aromatic carbocycles. The molecule has 0 saturated heterocycles. The van der Waals surface area contributed by atoms with Crippen molar-refractivity contribution < 1.29 is 9.59 Å². The third-order valence-corrected chi connectivity index (χ3v) is 4.68. The lowest BCUT2D eigenvalue weighted by Crippen LogP contribution is -2.41. The molecule has 3 heterocycles. The molecule has 2 amide bonds. The summed E-state index contributed by atoms with van der Waals surface area (Å²) in [5.74, 6) is 0.568. The van der Waals surface area contributed by atoms with Gasteiger partial charge in [0.2, 0.25) is 5.91 Å². The number of hydrogen-bond donors (Lipinski definition) is 2. The van der Waals surface area contributed by atoms with Gasteiger partial charge < -0.3 is 15.5 Å². The van der Waals surface area contributed by atoms with Gasteiger partial charge >= 0.3 is 0 Å². The molecule has 0 atom stereocenters. The lowest BCUT2D eigenvalue weighted by atomic mass is 10.2. The number of rotatable bonds is 1. The third-order valence-electron chi connectivity index (χ3n) is 3.91. The van der Waals surface area contributed by atoms with E-state index in [9.17, 15) is 9.59 Å². The summed E-state index contributed by atoms with van der Waals surface area (Å²) in [5, 5.41) is 6.13. The molecular formula is C17H21N5O2S. The van der Waals surface area contributed by atoms with Crippen molar-refractivity contribution in [2.45, 2.75) is 19.3 Å². The highest BCUT2D eigenvalue weighted by molar-refractivity contribution is 7.11. The Bertz CT molecular complexity index is 720. The Morgan fingerprint density at radius 1 is 1.20 bits per heavy atom. The first-order valence-corrected chi connectivity index (χ1v) is 9.24. The van der Waals surface area contributed by atoms with Gasteiger partial charge in [-0.2, -0.15) is 0 Å². The van der Waals surface area contributed by atoms with Crippen LogP contribution in [0.3, 0.4) is 0 Å². The van der Waals surface area contributed by atoms with Crippen molar-refractivity contribution >= 4 is 29.0 Å². The van der Waals surface area contributed by atoms with Gasteiger partial charge in [-0.1, -0.05) is 6.07 Å². The number of nitrogens with zero attached hydrogens (tertiary/aromatic N) is 3. The summed E-state index contributed by atoms with van der Waals surface area (Å²) < 4.78 is 0. The Morgan fingerprint density at radius 3 is 2.92 bits per heavy atom. The topological polar surface area (TPSA) is 87.2 Å². The molecule has 1 aliphatic heterocycles. The molecular weight excluding hydrogens is 338 g/mol. The van der Waals surface area contributed by atoms with Crippen molar-refractivity contribution in [3.63, 3.8) is 0 Å². The van der Waals surface area contributed by atoms with E-state index < -0.39 is 0 Å². The Hall–Kier alpha value is -2.48. The van der Waals surface area contributed by atoms with Gasteiger partial charge in [-0.05, 0) is 31.4 Å². The van der Waals surface area contributed by atoms with Crippen LogP contribution in [0.5, 0.6) is 0 Å². The van der Waals surface area contributed by atoms with Gasteiger partial charge in [0.1, 0.15) is 10.7 Å². The molecule has 3 rings (SSSR count). The highest BCUT2D eigenvalue weighted by atomic mass is 32.1. The number of aryl methyl sites for hydroxylation is 1. The maximum atomic E-state index is 12.6. The van der Waals surface area contributed by atoms with Gasteiger partial charge in [-0.25, -0.2) is 4.98 Å². The number of fused-ring (bicyclic) bond motifs is 2. The fourth-order valence-electron chi connectivity index (χ4n) is 2.66. The maximum Gasteiger partial charge on any atom is 0.266 e. The number of hydrogen-bond acceptors (Lipinski definition) is 6. The maximum absolute atomic E-state index is 12.6. The second kappa shape index (κ2) is 8.57. The molecule has 0 unspecified atom stereocenters. The fraction of sp³-hybridized carbons (Fsp3) is 0.412. The molecule has 0 spiro atoms. The molecule has 7 nitrogen and oxygen atoms in total. The van der Waals surface area contributed by atoms with Crippen molar-refractivity contribution in [2.24, 2.45) is 0 Å². The summed E-state index contributed by atoms with van der Waals surface area (Å²) in [4.78, 5) is 35.4. The highest BCUT2D eigenvalue weighted by Crippen LogP contribution is 2.12. The van der Waals surface area contributed by atoms with Crippen LogP contribution in [0.25, 0.3) is 0 Å². The van der Waals surface area contributed by atoms with Crippen LogP contribution in [0.1, 0.15) is 28.2 Å².